The molecule has 1 nitrogen and oxygen atoms in total. The molecule has 2 rings (SSSR count). The minimum atomic E-state index is 0.216. The summed E-state index contributed by atoms with van der Waals surface area (Å²) in [5, 5.41) is 0. The molecule has 0 aromatic carbocycles. The van der Waals surface area contributed by atoms with Crippen molar-refractivity contribution in [2.75, 3.05) is 0 Å². The predicted octanol–water partition coefficient (Wildman–Crippen LogP) is 2.65. The Balaban J connectivity index is 2.18. The molecule has 1 fully saturated rings. The highest BCUT2D eigenvalue weighted by molar-refractivity contribution is 6.00. The molecule has 13 heavy (non-hydrogen) atoms. The second kappa shape index (κ2) is 3.33. The molecule has 0 amide bonds. The zero-order chi connectivity index (χ0) is 9.26. The van der Waals surface area contributed by atoms with Gasteiger partial charge in [0.15, 0.2) is 5.78 Å². The van der Waals surface area contributed by atoms with Crippen molar-refractivity contribution in [3.63, 3.8) is 0 Å². The van der Waals surface area contributed by atoms with Gasteiger partial charge in [-0.05, 0) is 30.8 Å². The number of hydrogen-bond donors (Lipinski definition) is 0. The van der Waals surface area contributed by atoms with E-state index in [4.69, 9.17) is 0 Å². The number of carbonyl (C=O) groups excluding carboxylic acids is 1. The third kappa shape index (κ3) is 1.39. The van der Waals surface area contributed by atoms with Gasteiger partial charge in [-0.3, -0.25) is 4.79 Å². The van der Waals surface area contributed by atoms with Gasteiger partial charge in [0.05, 0.1) is 0 Å². The zero-order valence-electron chi connectivity index (χ0n) is 7.70. The van der Waals surface area contributed by atoms with Crippen LogP contribution in [0.2, 0.25) is 0 Å². The molecule has 2 aliphatic carbocycles. The molecule has 0 saturated heterocycles. The minimum absolute atomic E-state index is 0.216. The number of ketones is 1. The van der Waals surface area contributed by atoms with Crippen molar-refractivity contribution in [3.8, 4) is 0 Å². The Morgan fingerprint density at radius 3 is 3.15 bits per heavy atom. The second-order valence-electron chi connectivity index (χ2n) is 3.80. The average molecular weight is 174 g/mol. The third-order valence-corrected chi connectivity index (χ3v) is 2.95. The summed E-state index contributed by atoms with van der Waals surface area (Å²) in [6.07, 6.45) is 10.9. The number of hydrogen-bond acceptors (Lipinski definition) is 1. The molecule has 1 saturated carbocycles. The van der Waals surface area contributed by atoms with Gasteiger partial charge in [0.2, 0.25) is 0 Å². The van der Waals surface area contributed by atoms with E-state index in [9.17, 15) is 4.79 Å². The summed E-state index contributed by atoms with van der Waals surface area (Å²) in [6, 6.07) is 0. The third-order valence-electron chi connectivity index (χ3n) is 2.95. The molecule has 0 N–H and O–H groups in total. The Morgan fingerprint density at radius 1 is 1.62 bits per heavy atom. The van der Waals surface area contributed by atoms with Crippen molar-refractivity contribution in [1.82, 2.24) is 0 Å². The largest absolute Gasteiger partial charge is 0.294 e. The van der Waals surface area contributed by atoms with Crippen molar-refractivity contribution in [3.05, 3.63) is 36.5 Å². The van der Waals surface area contributed by atoms with Crippen LogP contribution in [0.3, 0.4) is 0 Å². The number of carbonyl (C=O) groups is 1. The molecule has 68 valence electrons. The summed E-state index contributed by atoms with van der Waals surface area (Å²) in [4.78, 5) is 11.8. The van der Waals surface area contributed by atoms with E-state index in [0.29, 0.717) is 11.7 Å². The standard InChI is InChI=1S/C12H14O/c1-2-5-10-8-9-6-3-4-7-11(9)12(10)13/h2-4,7,9-10H,1,5-6,8H2. The summed E-state index contributed by atoms with van der Waals surface area (Å²) >= 11 is 0. The van der Waals surface area contributed by atoms with Crippen LogP contribution in [-0.4, -0.2) is 5.78 Å². The first-order valence-electron chi connectivity index (χ1n) is 4.84. The van der Waals surface area contributed by atoms with Crippen LogP contribution in [0.1, 0.15) is 19.3 Å². The first-order valence-corrected chi connectivity index (χ1v) is 4.84. The molecule has 0 aliphatic heterocycles. The molecule has 0 radical (unpaired) electrons. The SMILES string of the molecule is C=CCC1CC2CC=CC=C2C1=O. The van der Waals surface area contributed by atoms with Gasteiger partial charge in [0.25, 0.3) is 0 Å². The van der Waals surface area contributed by atoms with E-state index in [1.165, 1.54) is 0 Å². The van der Waals surface area contributed by atoms with Gasteiger partial charge in [-0.25, -0.2) is 0 Å². The molecule has 0 aromatic rings. The summed E-state index contributed by atoms with van der Waals surface area (Å²) in [6.45, 7) is 3.69. The van der Waals surface area contributed by atoms with Gasteiger partial charge in [0, 0.05) is 5.92 Å². The molecular formula is C12H14O. The van der Waals surface area contributed by atoms with E-state index >= 15 is 0 Å². The minimum Gasteiger partial charge on any atom is -0.294 e. The van der Waals surface area contributed by atoms with Crippen molar-refractivity contribution < 1.29 is 4.79 Å². The lowest BCUT2D eigenvalue weighted by Crippen LogP contribution is -2.07. The number of Topliss-reactive ketones (excluding diaryl/α,β-unsaturated/α-hetero) is 1. The Morgan fingerprint density at radius 2 is 2.46 bits per heavy atom. The molecule has 0 aromatic heterocycles. The first-order chi connectivity index (χ1) is 6.33. The van der Waals surface area contributed by atoms with Crippen LogP contribution in [0.15, 0.2) is 36.5 Å². The lowest BCUT2D eigenvalue weighted by Gasteiger charge is -2.09. The summed E-state index contributed by atoms with van der Waals surface area (Å²) in [5.41, 5.74) is 1.05. The fourth-order valence-electron chi connectivity index (χ4n) is 2.27. The normalized spacial score (nSPS) is 31.4. The van der Waals surface area contributed by atoms with Crippen molar-refractivity contribution in [1.29, 1.82) is 0 Å². The maximum absolute atomic E-state index is 11.8. The highest BCUT2D eigenvalue weighted by Gasteiger charge is 2.36. The Hall–Kier alpha value is -1.11. The van der Waals surface area contributed by atoms with Crippen molar-refractivity contribution >= 4 is 5.78 Å². The smallest absolute Gasteiger partial charge is 0.162 e. The van der Waals surface area contributed by atoms with Crippen LogP contribution < -0.4 is 0 Å². The van der Waals surface area contributed by atoms with Crippen molar-refractivity contribution in [2.45, 2.75) is 19.3 Å². The maximum atomic E-state index is 11.8. The van der Waals surface area contributed by atoms with Crippen LogP contribution in [0.4, 0.5) is 0 Å². The fraction of sp³-hybridized carbons (Fsp3) is 0.417. The zero-order valence-corrected chi connectivity index (χ0v) is 7.70. The molecule has 1 heteroatoms. The number of fused-ring (bicyclic) bond motifs is 1. The topological polar surface area (TPSA) is 17.1 Å². The first kappa shape index (κ1) is 8.49. The van der Waals surface area contributed by atoms with Crippen LogP contribution in [0.5, 0.6) is 0 Å². The van der Waals surface area contributed by atoms with Crippen LogP contribution >= 0.6 is 0 Å². The quantitative estimate of drug-likeness (QED) is 0.588. The van der Waals surface area contributed by atoms with E-state index in [1.807, 2.05) is 18.2 Å². The van der Waals surface area contributed by atoms with E-state index in [1.54, 1.807) is 0 Å². The molecule has 2 atom stereocenters. The van der Waals surface area contributed by atoms with Gasteiger partial charge in [-0.1, -0.05) is 24.3 Å². The Kier molecular flexibility index (Phi) is 2.17. The van der Waals surface area contributed by atoms with Crippen LogP contribution in [0.25, 0.3) is 0 Å². The van der Waals surface area contributed by atoms with Gasteiger partial charge in [-0.2, -0.15) is 0 Å². The number of allylic oxidation sites excluding steroid dienone is 5. The van der Waals surface area contributed by atoms with Gasteiger partial charge in [0.1, 0.15) is 0 Å². The van der Waals surface area contributed by atoms with E-state index < -0.39 is 0 Å². The molecular weight excluding hydrogens is 160 g/mol. The summed E-state index contributed by atoms with van der Waals surface area (Å²) in [7, 11) is 0. The van der Waals surface area contributed by atoms with Crippen molar-refractivity contribution in [2.24, 2.45) is 11.8 Å². The fourth-order valence-corrected chi connectivity index (χ4v) is 2.27. The van der Waals surface area contributed by atoms with Crippen LogP contribution in [0, 0.1) is 11.8 Å². The monoisotopic (exact) mass is 174 g/mol. The number of rotatable bonds is 2. The van der Waals surface area contributed by atoms with E-state index in [-0.39, 0.29) is 5.92 Å². The second-order valence-corrected chi connectivity index (χ2v) is 3.80. The predicted molar refractivity (Wildman–Crippen MR) is 53.3 cm³/mol. The molecule has 2 aliphatic rings. The Bertz CT molecular complexity index is 296. The molecule has 2 unspecified atom stereocenters. The lowest BCUT2D eigenvalue weighted by molar-refractivity contribution is -0.117. The Labute approximate surface area is 78.8 Å². The van der Waals surface area contributed by atoms with E-state index in [2.05, 4.69) is 12.7 Å². The van der Waals surface area contributed by atoms with Crippen LogP contribution in [-0.2, 0) is 4.79 Å². The van der Waals surface area contributed by atoms with E-state index in [0.717, 1.165) is 24.8 Å². The van der Waals surface area contributed by atoms with Gasteiger partial charge in [-0.15, -0.1) is 6.58 Å². The summed E-state index contributed by atoms with van der Waals surface area (Å²) < 4.78 is 0. The highest BCUT2D eigenvalue weighted by atomic mass is 16.1. The average Bonchev–Trinajstić information content (AvgIpc) is 2.46. The molecule has 0 heterocycles. The lowest BCUT2D eigenvalue weighted by atomic mass is 9.94. The van der Waals surface area contributed by atoms with Gasteiger partial charge < -0.3 is 0 Å². The molecule has 0 bridgehead atoms. The maximum Gasteiger partial charge on any atom is 0.162 e. The summed E-state index contributed by atoms with van der Waals surface area (Å²) in [5.74, 6) is 1.07. The highest BCUT2D eigenvalue weighted by Crippen LogP contribution is 2.38. The molecule has 0 spiro atoms. The van der Waals surface area contributed by atoms with Gasteiger partial charge >= 0.3 is 0 Å².